The predicted octanol–water partition coefficient (Wildman–Crippen LogP) is -0.120. The highest BCUT2D eigenvalue weighted by molar-refractivity contribution is 7.98. The van der Waals surface area contributed by atoms with Gasteiger partial charge in [0.05, 0.1) is 44.3 Å². The second-order valence-corrected chi connectivity index (χ2v) is 14.1. The Kier molecular flexibility index (Phi) is 7.95. The number of imidazole rings is 2. The number of rotatable bonds is 3. The molecule has 1 aliphatic carbocycles. The predicted molar refractivity (Wildman–Crippen MR) is 150 cm³/mol. The second-order valence-electron chi connectivity index (χ2n) is 10.5. The van der Waals surface area contributed by atoms with Gasteiger partial charge in [0.1, 0.15) is 41.3 Å². The molecule has 45 heavy (non-hydrogen) atoms. The first-order chi connectivity index (χ1) is 21.5. The molecule has 2 bridgehead atoms. The summed E-state index contributed by atoms with van der Waals surface area (Å²) < 4.78 is 56.4. The quantitative estimate of drug-likeness (QED) is 0.107. The first-order valence-corrected chi connectivity index (χ1v) is 17.6. The Morgan fingerprint density at radius 2 is 1.60 bits per heavy atom. The second kappa shape index (κ2) is 11.5. The van der Waals surface area contributed by atoms with Gasteiger partial charge in [-0.05, 0) is 12.7 Å². The van der Waals surface area contributed by atoms with Crippen molar-refractivity contribution >= 4 is 49.7 Å². The number of aromatic nitrogens is 8. The third-order valence-electron chi connectivity index (χ3n) is 7.93. The number of nitrogens with zero attached hydrogens (tertiary/aromatic N) is 7. The van der Waals surface area contributed by atoms with E-state index >= 15 is 0 Å². The minimum absolute atomic E-state index is 0.0147. The molecule has 1 saturated carbocycles. The van der Waals surface area contributed by atoms with Gasteiger partial charge in [0.25, 0.3) is 5.56 Å². The van der Waals surface area contributed by atoms with Crippen LogP contribution in [0.25, 0.3) is 22.3 Å². The first kappa shape index (κ1) is 31.0. The number of hydrogen-bond acceptors (Lipinski definition) is 16. The molecule has 4 aromatic heterocycles. The van der Waals surface area contributed by atoms with Gasteiger partial charge in [-0.3, -0.25) is 27.5 Å². The van der Waals surface area contributed by atoms with Crippen LogP contribution in [0.15, 0.2) is 35.1 Å². The van der Waals surface area contributed by atoms with Crippen molar-refractivity contribution in [2.24, 2.45) is 5.92 Å². The molecule has 7 rings (SSSR count). The SMILES string of the molecule is CSc1ncnc2c1ncn2[C@@H]1O[C@@H]2COP(=O)(O)O[C@H]3C(O)[C@@H](COP(=O)(O)OC2[C@@H]1O)C[C@H]3n1cnc2c(=O)[nH]cnc21. The molecule has 2 saturated heterocycles. The highest BCUT2D eigenvalue weighted by Crippen LogP contribution is 2.55. The zero-order valence-corrected chi connectivity index (χ0v) is 25.6. The van der Waals surface area contributed by atoms with E-state index < -0.39 is 83.1 Å². The van der Waals surface area contributed by atoms with E-state index in [9.17, 15) is 33.9 Å². The summed E-state index contributed by atoms with van der Waals surface area (Å²) in [5.74, 6) is -0.930. The number of hydrogen-bond donors (Lipinski definition) is 5. The number of ether oxygens (including phenoxy) is 1. The third kappa shape index (κ3) is 5.56. The van der Waals surface area contributed by atoms with Gasteiger partial charge >= 0.3 is 15.6 Å². The first-order valence-electron chi connectivity index (χ1n) is 13.4. The van der Waals surface area contributed by atoms with Crippen LogP contribution in [0.4, 0.5) is 0 Å². The van der Waals surface area contributed by atoms with E-state index in [4.69, 9.17) is 22.8 Å². The fourth-order valence-corrected chi connectivity index (χ4v) is 8.33. The van der Waals surface area contributed by atoms with Gasteiger partial charge in [0.15, 0.2) is 23.0 Å². The lowest BCUT2D eigenvalue weighted by molar-refractivity contribution is -0.0553. The molecule has 0 amide bonds. The smallest absolute Gasteiger partial charge is 0.390 e. The van der Waals surface area contributed by atoms with E-state index in [2.05, 4.69) is 29.9 Å². The summed E-state index contributed by atoms with van der Waals surface area (Å²) in [6, 6.07) is -0.928. The van der Waals surface area contributed by atoms with Crippen molar-refractivity contribution in [3.63, 3.8) is 0 Å². The van der Waals surface area contributed by atoms with Crippen molar-refractivity contribution < 1.29 is 52.0 Å². The summed E-state index contributed by atoms with van der Waals surface area (Å²) in [6.07, 6.45) is -2.02. The molecule has 4 unspecified atom stereocenters. The van der Waals surface area contributed by atoms with Crippen molar-refractivity contribution in [3.8, 4) is 0 Å². The van der Waals surface area contributed by atoms with Gasteiger partial charge < -0.3 is 34.3 Å². The molecule has 20 nitrogen and oxygen atoms in total. The van der Waals surface area contributed by atoms with Crippen LogP contribution in [0.1, 0.15) is 18.7 Å². The summed E-state index contributed by atoms with van der Waals surface area (Å²) in [5, 5.41) is 22.9. The number of aliphatic hydroxyl groups is 2. The Bertz CT molecular complexity index is 1910. The minimum Gasteiger partial charge on any atom is -0.390 e. The number of phosphoric acid groups is 2. The molecule has 5 N–H and O–H groups in total. The van der Waals surface area contributed by atoms with E-state index in [1.165, 1.54) is 39.9 Å². The highest BCUT2D eigenvalue weighted by atomic mass is 32.2. The van der Waals surface area contributed by atoms with Crippen LogP contribution >= 0.6 is 27.4 Å². The Labute approximate surface area is 255 Å². The molecule has 3 fully saturated rings. The molecule has 3 aliphatic rings. The molecule has 4 aromatic rings. The zero-order valence-electron chi connectivity index (χ0n) is 23.0. The standard InChI is InChI=1S/C22H26N8O12P2S/c1-45-21-13-19(24-6-26-21)30(8-28-13)22-15(32)17-11(40-22)4-39-44(36,37)41-16-10(2-9(14(16)31)3-38-43(34,35)42-17)29-7-27-12-18(29)23-5-25-20(12)33/h5-11,14-17,22,31-32H,2-4H2,1H3,(H,34,35)(H,36,37)(H,23,25,33)/t9-,10-,11-,14?,15+,16-,17?,22-/m1/s1. The van der Waals surface area contributed by atoms with Crippen molar-refractivity contribution in [1.82, 2.24) is 39.0 Å². The Hall–Kier alpha value is -2.65. The van der Waals surface area contributed by atoms with Crippen LogP contribution in [-0.2, 0) is 32.0 Å². The largest absolute Gasteiger partial charge is 0.472 e. The van der Waals surface area contributed by atoms with Crippen molar-refractivity contribution in [1.29, 1.82) is 0 Å². The molecule has 0 radical (unpaired) electrons. The zero-order chi connectivity index (χ0) is 31.7. The van der Waals surface area contributed by atoms with E-state index in [0.29, 0.717) is 10.5 Å². The number of aliphatic hydroxyl groups excluding tert-OH is 2. The average Bonchev–Trinajstić information content (AvgIpc) is 3.76. The number of fused-ring (bicyclic) bond motifs is 5. The minimum atomic E-state index is -4.99. The van der Waals surface area contributed by atoms with Gasteiger partial charge in [-0.25, -0.2) is 34.0 Å². The fraction of sp³-hybridized carbons (Fsp3) is 0.545. The van der Waals surface area contributed by atoms with Crippen LogP contribution in [-0.4, -0.2) is 109 Å². The van der Waals surface area contributed by atoms with Crippen LogP contribution in [0.5, 0.6) is 0 Å². The van der Waals surface area contributed by atoms with Gasteiger partial charge in [-0.1, -0.05) is 0 Å². The van der Waals surface area contributed by atoms with Gasteiger partial charge in [-0.2, -0.15) is 0 Å². The number of aromatic amines is 1. The third-order valence-corrected chi connectivity index (χ3v) is 10.6. The fourth-order valence-electron chi connectivity index (χ4n) is 5.86. The van der Waals surface area contributed by atoms with E-state index in [1.54, 1.807) is 6.26 Å². The molecule has 10 atom stereocenters. The Balaban J connectivity index is 1.20. The number of nitrogens with one attached hydrogen (secondary N) is 1. The average molecular weight is 689 g/mol. The van der Waals surface area contributed by atoms with E-state index in [-0.39, 0.29) is 23.2 Å². The lowest BCUT2D eigenvalue weighted by atomic mass is 10.1. The highest BCUT2D eigenvalue weighted by Gasteiger charge is 2.53. The molecule has 2 aliphatic heterocycles. The number of H-pyrrole nitrogens is 1. The van der Waals surface area contributed by atoms with E-state index in [1.807, 2.05) is 0 Å². The molecule has 0 spiro atoms. The molecular weight excluding hydrogens is 662 g/mol. The topological polar surface area (TPSA) is 268 Å². The summed E-state index contributed by atoms with van der Waals surface area (Å²) >= 11 is 1.32. The van der Waals surface area contributed by atoms with Gasteiger partial charge in [0.2, 0.25) is 0 Å². The molecular formula is C22H26N8O12P2S. The maximum absolute atomic E-state index is 13.3. The molecule has 0 aromatic carbocycles. The lowest BCUT2D eigenvalue weighted by Gasteiger charge is -2.26. The Morgan fingerprint density at radius 1 is 0.911 bits per heavy atom. The lowest BCUT2D eigenvalue weighted by Crippen LogP contribution is -2.36. The summed E-state index contributed by atoms with van der Waals surface area (Å²) in [7, 11) is -9.94. The normalized spacial score (nSPS) is 37.7. The van der Waals surface area contributed by atoms with Crippen molar-refractivity contribution in [3.05, 3.63) is 35.7 Å². The monoisotopic (exact) mass is 688 g/mol. The van der Waals surface area contributed by atoms with Crippen LogP contribution in [0, 0.1) is 5.92 Å². The van der Waals surface area contributed by atoms with Crippen LogP contribution in [0.2, 0.25) is 0 Å². The van der Waals surface area contributed by atoms with Crippen LogP contribution < -0.4 is 5.56 Å². The molecule has 6 heterocycles. The maximum atomic E-state index is 13.3. The maximum Gasteiger partial charge on any atom is 0.472 e. The van der Waals surface area contributed by atoms with Crippen molar-refractivity contribution in [2.75, 3.05) is 19.5 Å². The summed E-state index contributed by atoms with van der Waals surface area (Å²) in [6.45, 7) is -1.31. The molecule has 242 valence electrons. The van der Waals surface area contributed by atoms with Gasteiger partial charge in [-0.15, -0.1) is 11.8 Å². The van der Waals surface area contributed by atoms with E-state index in [0.717, 1.165) is 6.33 Å². The Morgan fingerprint density at radius 3 is 2.38 bits per heavy atom. The number of phosphoric ester groups is 2. The summed E-state index contributed by atoms with van der Waals surface area (Å²) in [4.78, 5) is 56.8. The van der Waals surface area contributed by atoms with Crippen LogP contribution in [0.3, 0.4) is 0 Å². The summed E-state index contributed by atoms with van der Waals surface area (Å²) in [5.41, 5.74) is 0.266. The molecule has 23 heteroatoms. The van der Waals surface area contributed by atoms with Crippen molar-refractivity contribution in [2.45, 2.75) is 54.2 Å². The number of thioether (sulfide) groups is 1. The van der Waals surface area contributed by atoms with Gasteiger partial charge in [0, 0.05) is 5.92 Å².